The number of carbonyl (C=O) groups excluding carboxylic acids is 2. The number of hydrogen-bond acceptors (Lipinski definition) is 3. The summed E-state index contributed by atoms with van der Waals surface area (Å²) in [5, 5.41) is 5.06. The Bertz CT molecular complexity index is 579. The summed E-state index contributed by atoms with van der Waals surface area (Å²) in [6.07, 6.45) is 1.20. The van der Waals surface area contributed by atoms with Gasteiger partial charge in [-0.1, -0.05) is 0 Å². The van der Waals surface area contributed by atoms with E-state index >= 15 is 0 Å². The molecule has 1 aromatic heterocycles. The lowest BCUT2D eigenvalue weighted by molar-refractivity contribution is -0.127. The number of hydrogen-bond donors (Lipinski definition) is 2. The van der Waals surface area contributed by atoms with Gasteiger partial charge >= 0.3 is 0 Å². The van der Waals surface area contributed by atoms with Crippen LogP contribution in [0.4, 0.5) is 10.1 Å². The van der Waals surface area contributed by atoms with Crippen LogP contribution >= 0.6 is 0 Å². The van der Waals surface area contributed by atoms with Gasteiger partial charge in [0, 0.05) is 5.69 Å². The van der Waals surface area contributed by atoms with Crippen LogP contribution in [0.3, 0.4) is 0 Å². The Morgan fingerprint density at radius 2 is 1.85 bits per heavy atom. The lowest BCUT2D eigenvalue weighted by atomic mass is 10.3. The topological polar surface area (TPSA) is 71.3 Å². The van der Waals surface area contributed by atoms with E-state index in [0.717, 1.165) is 0 Å². The molecule has 6 heteroatoms. The van der Waals surface area contributed by atoms with E-state index in [1.54, 1.807) is 12.1 Å². The minimum atomic E-state index is -0.464. The zero-order valence-electron chi connectivity index (χ0n) is 10.6. The summed E-state index contributed by atoms with van der Waals surface area (Å²) in [7, 11) is 0. The molecule has 0 saturated heterocycles. The Kier molecular flexibility index (Phi) is 4.49. The third-order valence-corrected chi connectivity index (χ3v) is 2.49. The third-order valence-electron chi connectivity index (χ3n) is 2.49. The highest BCUT2D eigenvalue weighted by Gasteiger charge is 2.10. The van der Waals surface area contributed by atoms with E-state index < -0.39 is 11.8 Å². The van der Waals surface area contributed by atoms with Crippen LogP contribution < -0.4 is 10.6 Å². The van der Waals surface area contributed by atoms with Crippen LogP contribution in [0.15, 0.2) is 47.1 Å². The Hall–Kier alpha value is -2.63. The van der Waals surface area contributed by atoms with E-state index in [1.807, 2.05) is 0 Å². The molecule has 0 aliphatic heterocycles. The highest BCUT2D eigenvalue weighted by Crippen LogP contribution is 2.08. The molecule has 0 radical (unpaired) electrons. The van der Waals surface area contributed by atoms with Gasteiger partial charge in [0.2, 0.25) is 11.8 Å². The van der Waals surface area contributed by atoms with Gasteiger partial charge in [-0.3, -0.25) is 9.59 Å². The van der Waals surface area contributed by atoms with Gasteiger partial charge in [-0.25, -0.2) is 4.39 Å². The van der Waals surface area contributed by atoms with Crippen molar-refractivity contribution in [2.75, 3.05) is 5.32 Å². The molecule has 0 spiro atoms. The Morgan fingerprint density at radius 3 is 2.50 bits per heavy atom. The van der Waals surface area contributed by atoms with Crippen LogP contribution in [-0.4, -0.2) is 11.8 Å². The molecular weight excluding hydrogens is 263 g/mol. The minimum Gasteiger partial charge on any atom is -0.467 e. The number of halogens is 1. The number of rotatable bonds is 5. The number of amides is 2. The fourth-order valence-corrected chi connectivity index (χ4v) is 1.55. The molecule has 2 N–H and O–H groups in total. The Balaban J connectivity index is 1.76. The predicted octanol–water partition coefficient (Wildman–Crippen LogP) is 2.06. The Morgan fingerprint density at radius 1 is 1.10 bits per heavy atom. The Labute approximate surface area is 114 Å². The lowest BCUT2D eigenvalue weighted by Crippen LogP contribution is -2.27. The molecule has 2 rings (SSSR count). The maximum Gasteiger partial charge on any atom is 0.233 e. The SMILES string of the molecule is O=C(CC(=O)Nc1ccc(F)cc1)NCc1ccco1. The van der Waals surface area contributed by atoms with E-state index in [2.05, 4.69) is 10.6 Å². The van der Waals surface area contributed by atoms with Crippen LogP contribution in [0.25, 0.3) is 0 Å². The van der Waals surface area contributed by atoms with Crippen LogP contribution in [0.2, 0.25) is 0 Å². The first-order valence-electron chi connectivity index (χ1n) is 5.98. The molecule has 2 aromatic rings. The van der Waals surface area contributed by atoms with Crippen molar-refractivity contribution in [3.63, 3.8) is 0 Å². The standard InChI is InChI=1S/C14H13FN2O3/c15-10-3-5-11(6-4-10)17-14(19)8-13(18)16-9-12-2-1-7-20-12/h1-7H,8-9H2,(H,16,18)(H,17,19). The number of benzene rings is 1. The number of furan rings is 1. The molecule has 0 unspecified atom stereocenters. The van der Waals surface area contributed by atoms with Crippen molar-refractivity contribution < 1.29 is 18.4 Å². The summed E-state index contributed by atoms with van der Waals surface area (Å²) in [5.74, 6) is -0.661. The van der Waals surface area contributed by atoms with E-state index in [1.165, 1.54) is 30.5 Å². The maximum absolute atomic E-state index is 12.7. The molecule has 2 amide bonds. The molecule has 0 fully saturated rings. The maximum atomic E-state index is 12.7. The molecule has 20 heavy (non-hydrogen) atoms. The number of nitrogens with one attached hydrogen (secondary N) is 2. The highest BCUT2D eigenvalue weighted by atomic mass is 19.1. The van der Waals surface area contributed by atoms with Gasteiger partial charge in [-0.2, -0.15) is 0 Å². The summed E-state index contributed by atoms with van der Waals surface area (Å²) in [4.78, 5) is 23.1. The summed E-state index contributed by atoms with van der Waals surface area (Å²) in [6, 6.07) is 8.74. The quantitative estimate of drug-likeness (QED) is 0.821. The van der Waals surface area contributed by atoms with E-state index in [9.17, 15) is 14.0 Å². The second kappa shape index (κ2) is 6.51. The summed E-state index contributed by atoms with van der Waals surface area (Å²) in [5.41, 5.74) is 0.440. The molecule has 0 bridgehead atoms. The zero-order valence-corrected chi connectivity index (χ0v) is 10.6. The zero-order chi connectivity index (χ0) is 14.4. The summed E-state index contributed by atoms with van der Waals surface area (Å²) < 4.78 is 17.7. The first-order chi connectivity index (χ1) is 9.63. The average molecular weight is 276 g/mol. The van der Waals surface area contributed by atoms with Gasteiger partial charge in [-0.15, -0.1) is 0 Å². The smallest absolute Gasteiger partial charge is 0.233 e. The second-order valence-corrected chi connectivity index (χ2v) is 4.09. The summed E-state index contributed by atoms with van der Waals surface area (Å²) in [6.45, 7) is 0.232. The van der Waals surface area contributed by atoms with E-state index in [0.29, 0.717) is 11.4 Å². The molecule has 0 aliphatic rings. The number of carbonyl (C=O) groups is 2. The van der Waals surface area contributed by atoms with Crippen molar-refractivity contribution in [3.8, 4) is 0 Å². The normalized spacial score (nSPS) is 10.1. The van der Waals surface area contributed by atoms with Crippen molar-refractivity contribution in [3.05, 3.63) is 54.2 Å². The third kappa shape index (κ3) is 4.24. The van der Waals surface area contributed by atoms with Gasteiger partial charge in [-0.05, 0) is 36.4 Å². The highest BCUT2D eigenvalue weighted by molar-refractivity contribution is 6.03. The lowest BCUT2D eigenvalue weighted by Gasteiger charge is -2.05. The van der Waals surface area contributed by atoms with Crippen molar-refractivity contribution in [2.45, 2.75) is 13.0 Å². The van der Waals surface area contributed by atoms with Crippen molar-refractivity contribution in [1.82, 2.24) is 5.32 Å². The minimum absolute atomic E-state index is 0.232. The van der Waals surface area contributed by atoms with Crippen LogP contribution in [0.1, 0.15) is 12.2 Å². The van der Waals surface area contributed by atoms with Gasteiger partial charge in [0.15, 0.2) is 0 Å². The van der Waals surface area contributed by atoms with Crippen molar-refractivity contribution in [1.29, 1.82) is 0 Å². The fourth-order valence-electron chi connectivity index (χ4n) is 1.55. The first kappa shape index (κ1) is 13.8. The largest absolute Gasteiger partial charge is 0.467 e. The van der Waals surface area contributed by atoms with E-state index in [4.69, 9.17) is 4.42 Å². The molecule has 1 aromatic carbocycles. The van der Waals surface area contributed by atoms with Crippen LogP contribution in [0, 0.1) is 5.82 Å². The van der Waals surface area contributed by atoms with Gasteiger partial charge < -0.3 is 15.1 Å². The molecule has 1 heterocycles. The average Bonchev–Trinajstić information content (AvgIpc) is 2.92. The van der Waals surface area contributed by atoms with Crippen molar-refractivity contribution >= 4 is 17.5 Å². The monoisotopic (exact) mass is 276 g/mol. The molecular formula is C14H13FN2O3. The van der Waals surface area contributed by atoms with Gasteiger partial charge in [0.25, 0.3) is 0 Å². The number of anilines is 1. The molecule has 104 valence electrons. The fraction of sp³-hybridized carbons (Fsp3) is 0.143. The predicted molar refractivity (Wildman–Crippen MR) is 70.2 cm³/mol. The molecule has 0 saturated carbocycles. The molecule has 0 aliphatic carbocycles. The first-order valence-corrected chi connectivity index (χ1v) is 5.98. The molecule has 0 atom stereocenters. The second-order valence-electron chi connectivity index (χ2n) is 4.09. The van der Waals surface area contributed by atoms with Gasteiger partial charge in [0.1, 0.15) is 18.0 Å². The summed E-state index contributed by atoms with van der Waals surface area (Å²) >= 11 is 0. The van der Waals surface area contributed by atoms with Crippen LogP contribution in [0.5, 0.6) is 0 Å². The molecule has 5 nitrogen and oxygen atoms in total. The van der Waals surface area contributed by atoms with Crippen molar-refractivity contribution in [2.24, 2.45) is 0 Å². The van der Waals surface area contributed by atoms with E-state index in [-0.39, 0.29) is 18.8 Å². The van der Waals surface area contributed by atoms with Crippen LogP contribution in [-0.2, 0) is 16.1 Å². The van der Waals surface area contributed by atoms with Gasteiger partial charge in [0.05, 0.1) is 12.8 Å².